The monoisotopic (exact) mass is 892 g/mol. The maximum absolute atomic E-state index is 13.7. The van der Waals surface area contributed by atoms with Crippen LogP contribution in [0.2, 0.25) is 0 Å². The summed E-state index contributed by atoms with van der Waals surface area (Å²) in [5, 5.41) is 0. The maximum Gasteiger partial charge on any atom is 0.416 e. The molecule has 4 nitrogen and oxygen atoms in total. The van der Waals surface area contributed by atoms with Gasteiger partial charge in [0.05, 0.1) is 58.4 Å². The number of hydrogen-bond acceptors (Lipinski definition) is 7. The predicted octanol–water partition coefficient (Wildman–Crippen LogP) is 16.1. The third kappa shape index (κ3) is 8.92. The van der Waals surface area contributed by atoms with Crippen molar-refractivity contribution in [3.63, 3.8) is 0 Å². The first-order valence-electron chi connectivity index (χ1n) is 19.3. The van der Waals surface area contributed by atoms with Gasteiger partial charge in [-0.3, -0.25) is 0 Å². The zero-order valence-electron chi connectivity index (χ0n) is 34.5. The van der Waals surface area contributed by atoms with Crippen molar-refractivity contribution in [1.82, 2.24) is 0 Å². The molecule has 318 valence electrons. The van der Waals surface area contributed by atoms with Gasteiger partial charge in [-0.1, -0.05) is 36.4 Å². The minimum atomic E-state index is -4.49. The Morgan fingerprint density at radius 2 is 0.803 bits per heavy atom. The van der Waals surface area contributed by atoms with Crippen LogP contribution in [0, 0.1) is 13.8 Å². The highest BCUT2D eigenvalue weighted by Gasteiger charge is 2.32. The van der Waals surface area contributed by atoms with Gasteiger partial charge in [0.25, 0.3) is 0 Å². The lowest BCUT2D eigenvalue weighted by Crippen LogP contribution is -2.07. The molecule has 3 heterocycles. The molecule has 0 spiro atoms. The first-order valence-corrected chi connectivity index (χ1v) is 21.8. The average molecular weight is 893 g/mol. The van der Waals surface area contributed by atoms with E-state index in [2.05, 4.69) is 0 Å². The zero-order chi connectivity index (χ0) is 44.0. The lowest BCUT2D eigenvalue weighted by atomic mass is 9.99. The number of methoxy groups -OCH3 is 2. The largest absolute Gasteiger partial charge is 0.496 e. The second-order valence-corrected chi connectivity index (χ2v) is 18.0. The topological polar surface area (TPSA) is 36.9 Å². The minimum absolute atomic E-state index is 0.170. The molecular weight excluding hydrogens is 851 g/mol. The van der Waals surface area contributed by atoms with Crippen LogP contribution < -0.4 is 18.9 Å². The van der Waals surface area contributed by atoms with Crippen LogP contribution in [-0.4, -0.2) is 26.4 Å². The molecule has 0 N–H and O–H groups in total. The molecule has 4 aromatic carbocycles. The molecule has 7 rings (SSSR count). The molecule has 0 radical (unpaired) electrons. The number of benzene rings is 4. The van der Waals surface area contributed by atoms with Crippen LogP contribution in [0.3, 0.4) is 0 Å². The fourth-order valence-electron chi connectivity index (χ4n) is 7.06. The fraction of sp³-hybridized carbons (Fsp3) is 0.250. The average Bonchev–Trinajstić information content (AvgIpc) is 3.92. The third-order valence-corrected chi connectivity index (χ3v) is 14.1. The second-order valence-electron chi connectivity index (χ2n) is 14.9. The van der Waals surface area contributed by atoms with Gasteiger partial charge in [0, 0.05) is 30.6 Å². The first kappa shape index (κ1) is 43.8. The number of ether oxygens (including phenoxy) is 4. The Kier molecular flexibility index (Phi) is 12.4. The third-order valence-electron chi connectivity index (χ3n) is 10.0. The molecule has 0 saturated heterocycles. The predicted molar refractivity (Wildman–Crippen MR) is 237 cm³/mol. The smallest absolute Gasteiger partial charge is 0.416 e. The highest BCUT2D eigenvalue weighted by molar-refractivity contribution is 7.28. The second kappa shape index (κ2) is 17.3. The molecule has 0 fully saturated rings. The van der Waals surface area contributed by atoms with Gasteiger partial charge >= 0.3 is 12.4 Å². The van der Waals surface area contributed by atoms with Crippen LogP contribution >= 0.6 is 34.0 Å². The standard InChI is InChI=1S/C48H42F6O4S3/c1-25(2)57-37-13-9-11-35(55-7)41(37)45-33(29-15-19-31(20-16-29)47(49,50)51)23-39(59-45)43-27(5)28(6)44(61-43)40-24-34(30-17-21-32(22-18-30)48(52,53)54)46(60-40)42-36(56-8)12-10-14-38(42)58-26(3)4/h9-26H,1-8H3. The number of thiophene rings is 3. The first-order chi connectivity index (χ1) is 28.9. The van der Waals surface area contributed by atoms with E-state index in [9.17, 15) is 26.3 Å². The molecule has 0 saturated carbocycles. The molecule has 7 aromatic rings. The van der Waals surface area contributed by atoms with E-state index in [0.717, 1.165) is 75.8 Å². The SMILES string of the molecule is COc1cccc(OC(C)C)c1-c1sc(-c2sc(-c3cc(-c4ccc(C(F)(F)F)cc4)c(-c4c(OC)cccc4OC(C)C)s3)c(C)c2C)cc1-c1ccc(C(F)(F)F)cc1. The number of rotatable bonds is 12. The van der Waals surface area contributed by atoms with E-state index >= 15 is 0 Å². The van der Waals surface area contributed by atoms with Crippen LogP contribution in [0.15, 0.2) is 97.1 Å². The Labute approximate surface area is 363 Å². The molecule has 0 aliphatic heterocycles. The molecule has 0 bridgehead atoms. The lowest BCUT2D eigenvalue weighted by Gasteiger charge is -2.17. The van der Waals surface area contributed by atoms with Gasteiger partial charge in [-0.25, -0.2) is 0 Å². The molecule has 0 amide bonds. The van der Waals surface area contributed by atoms with E-state index in [4.69, 9.17) is 18.9 Å². The van der Waals surface area contributed by atoms with Crippen LogP contribution in [0.4, 0.5) is 26.3 Å². The normalized spacial score (nSPS) is 12.1. The van der Waals surface area contributed by atoms with Crippen molar-refractivity contribution >= 4 is 34.0 Å². The van der Waals surface area contributed by atoms with Crippen molar-refractivity contribution in [2.45, 2.75) is 66.1 Å². The molecule has 0 atom stereocenters. The fourth-order valence-corrected chi connectivity index (χ4v) is 11.2. The van der Waals surface area contributed by atoms with E-state index in [0.29, 0.717) is 45.3 Å². The van der Waals surface area contributed by atoms with Crippen molar-refractivity contribution in [1.29, 1.82) is 0 Å². The molecule has 3 aromatic heterocycles. The van der Waals surface area contributed by atoms with E-state index in [1.54, 1.807) is 25.6 Å². The lowest BCUT2D eigenvalue weighted by molar-refractivity contribution is -0.138. The Hall–Kier alpha value is -5.24. The number of alkyl halides is 6. The van der Waals surface area contributed by atoms with E-state index in [1.807, 2.05) is 90.1 Å². The summed E-state index contributed by atoms with van der Waals surface area (Å²) >= 11 is 4.57. The summed E-state index contributed by atoms with van der Waals surface area (Å²) in [6.45, 7) is 11.8. The van der Waals surface area contributed by atoms with Gasteiger partial charge in [-0.15, -0.1) is 34.0 Å². The highest BCUT2D eigenvalue weighted by Crippen LogP contribution is 2.56. The molecule has 0 unspecified atom stereocenters. The van der Waals surface area contributed by atoms with E-state index in [-0.39, 0.29) is 12.2 Å². The quantitative estimate of drug-likeness (QED) is 0.115. The van der Waals surface area contributed by atoms with Gasteiger partial charge in [0.15, 0.2) is 0 Å². The molecule has 13 heteroatoms. The molecule has 61 heavy (non-hydrogen) atoms. The van der Waals surface area contributed by atoms with Crippen LogP contribution in [0.25, 0.3) is 62.6 Å². The Balaban J connectivity index is 1.44. The van der Waals surface area contributed by atoms with Crippen molar-refractivity contribution in [2.75, 3.05) is 14.2 Å². The number of hydrogen-bond donors (Lipinski definition) is 0. The van der Waals surface area contributed by atoms with E-state index in [1.165, 1.54) is 46.9 Å². The summed E-state index contributed by atoms with van der Waals surface area (Å²) in [5.41, 5.74) is 4.54. The Morgan fingerprint density at radius 3 is 1.11 bits per heavy atom. The highest BCUT2D eigenvalue weighted by atomic mass is 32.1. The van der Waals surface area contributed by atoms with Crippen LogP contribution in [0.5, 0.6) is 23.0 Å². The summed E-state index contributed by atoms with van der Waals surface area (Å²) in [4.78, 5) is 5.24. The summed E-state index contributed by atoms with van der Waals surface area (Å²) in [5.74, 6) is 2.27. The zero-order valence-corrected chi connectivity index (χ0v) is 37.0. The number of halogens is 6. The van der Waals surface area contributed by atoms with Crippen LogP contribution in [-0.2, 0) is 12.4 Å². The summed E-state index contributed by atoms with van der Waals surface area (Å²) in [6, 6.07) is 25.4. The van der Waals surface area contributed by atoms with Crippen molar-refractivity contribution in [3.8, 4) is 85.6 Å². The van der Waals surface area contributed by atoms with Crippen molar-refractivity contribution < 1.29 is 45.3 Å². The summed E-state index contributed by atoms with van der Waals surface area (Å²) in [6.07, 6.45) is -9.33. The minimum Gasteiger partial charge on any atom is -0.496 e. The van der Waals surface area contributed by atoms with Gasteiger partial charge in [-0.2, -0.15) is 26.3 Å². The molecule has 0 aliphatic rings. The van der Waals surface area contributed by atoms with Gasteiger partial charge in [-0.05, 0) is 124 Å². The van der Waals surface area contributed by atoms with Crippen molar-refractivity contribution in [3.05, 3.63) is 119 Å². The van der Waals surface area contributed by atoms with E-state index < -0.39 is 23.5 Å². The molecular formula is C48H42F6O4S3. The molecule has 0 aliphatic carbocycles. The summed E-state index contributed by atoms with van der Waals surface area (Å²) < 4.78 is 106. The van der Waals surface area contributed by atoms with Crippen LogP contribution in [0.1, 0.15) is 49.9 Å². The Bertz CT molecular complexity index is 2480. The van der Waals surface area contributed by atoms with Gasteiger partial charge in [0.2, 0.25) is 0 Å². The van der Waals surface area contributed by atoms with Crippen molar-refractivity contribution in [2.24, 2.45) is 0 Å². The van der Waals surface area contributed by atoms with Gasteiger partial charge in [0.1, 0.15) is 23.0 Å². The van der Waals surface area contributed by atoms with Gasteiger partial charge < -0.3 is 18.9 Å². The Morgan fingerprint density at radius 1 is 0.459 bits per heavy atom. The maximum atomic E-state index is 13.7. The summed E-state index contributed by atoms with van der Waals surface area (Å²) in [7, 11) is 3.14.